The first-order valence-corrected chi connectivity index (χ1v) is 6.11. The molecule has 0 atom stereocenters. The summed E-state index contributed by atoms with van der Waals surface area (Å²) in [5.74, 6) is 0.711. The van der Waals surface area contributed by atoms with Crippen molar-refractivity contribution in [1.82, 2.24) is 14.4 Å². The van der Waals surface area contributed by atoms with Crippen LogP contribution in [0, 0.1) is 13.8 Å². The normalized spacial score (nSPS) is 11.1. The second-order valence-electron chi connectivity index (χ2n) is 4.31. The lowest BCUT2D eigenvalue weighted by atomic mass is 10.2. The van der Waals surface area contributed by atoms with E-state index in [1.807, 2.05) is 54.8 Å². The maximum atomic E-state index is 6.19. The van der Waals surface area contributed by atoms with Gasteiger partial charge in [-0.1, -0.05) is 29.8 Å². The van der Waals surface area contributed by atoms with E-state index in [2.05, 4.69) is 9.97 Å². The fourth-order valence-electron chi connectivity index (χ4n) is 2.07. The first-order valence-electron chi connectivity index (χ1n) is 5.73. The molecular formula is C14H12ClN3. The molecule has 2 heterocycles. The van der Waals surface area contributed by atoms with Crippen molar-refractivity contribution in [3.05, 3.63) is 52.9 Å². The highest BCUT2D eigenvalue weighted by atomic mass is 35.5. The molecule has 1 aromatic carbocycles. The zero-order valence-corrected chi connectivity index (χ0v) is 10.9. The number of rotatable bonds is 1. The summed E-state index contributed by atoms with van der Waals surface area (Å²) in [4.78, 5) is 8.95. The van der Waals surface area contributed by atoms with Gasteiger partial charge in [0.1, 0.15) is 0 Å². The lowest BCUT2D eigenvalue weighted by Crippen LogP contribution is -1.94. The highest BCUT2D eigenvalue weighted by Crippen LogP contribution is 2.26. The lowest BCUT2D eigenvalue weighted by Gasteiger charge is -1.99. The van der Waals surface area contributed by atoms with Crippen LogP contribution >= 0.6 is 11.6 Å². The number of nitrogens with zero attached hydrogens (tertiary/aromatic N) is 3. The molecule has 0 saturated carbocycles. The predicted octanol–water partition coefficient (Wildman–Crippen LogP) is 3.67. The lowest BCUT2D eigenvalue weighted by molar-refractivity contribution is 1.01. The minimum Gasteiger partial charge on any atom is -0.288 e. The third-order valence-corrected chi connectivity index (χ3v) is 3.24. The number of aryl methyl sites for hydroxylation is 2. The van der Waals surface area contributed by atoms with Crippen molar-refractivity contribution >= 4 is 17.4 Å². The highest BCUT2D eigenvalue weighted by Gasteiger charge is 2.09. The molecule has 18 heavy (non-hydrogen) atoms. The van der Waals surface area contributed by atoms with E-state index in [-0.39, 0.29) is 0 Å². The zero-order chi connectivity index (χ0) is 12.7. The van der Waals surface area contributed by atoms with Crippen molar-refractivity contribution in [3.8, 4) is 11.3 Å². The van der Waals surface area contributed by atoms with Crippen molar-refractivity contribution in [2.75, 3.05) is 0 Å². The number of fused-ring (bicyclic) bond motifs is 1. The van der Waals surface area contributed by atoms with Gasteiger partial charge in [0.2, 0.25) is 5.78 Å². The standard InChI is InChI=1S/C14H12ClN3/c1-9-7-10(2)18-8-13(17-14(18)16-9)11-5-3-4-6-12(11)15/h3-8H,1-2H3. The Kier molecular flexibility index (Phi) is 2.56. The smallest absolute Gasteiger partial charge is 0.234 e. The average Bonchev–Trinajstić information content (AvgIpc) is 2.73. The van der Waals surface area contributed by atoms with Crippen molar-refractivity contribution in [3.63, 3.8) is 0 Å². The van der Waals surface area contributed by atoms with E-state index in [1.165, 1.54) is 0 Å². The summed E-state index contributed by atoms with van der Waals surface area (Å²) in [6, 6.07) is 9.73. The van der Waals surface area contributed by atoms with Crippen molar-refractivity contribution in [2.45, 2.75) is 13.8 Å². The quantitative estimate of drug-likeness (QED) is 0.666. The summed E-state index contributed by atoms with van der Waals surface area (Å²) in [5, 5.41) is 0.704. The first kappa shape index (κ1) is 11.2. The summed E-state index contributed by atoms with van der Waals surface area (Å²) >= 11 is 6.19. The van der Waals surface area contributed by atoms with E-state index < -0.39 is 0 Å². The number of halogens is 1. The van der Waals surface area contributed by atoms with Crippen LogP contribution in [0.1, 0.15) is 11.4 Å². The molecule has 0 aliphatic heterocycles. The molecule has 3 rings (SSSR count). The highest BCUT2D eigenvalue weighted by molar-refractivity contribution is 6.33. The molecule has 0 bridgehead atoms. The van der Waals surface area contributed by atoms with Gasteiger partial charge in [0.05, 0.1) is 10.7 Å². The second kappa shape index (κ2) is 4.10. The molecule has 4 heteroatoms. The minimum atomic E-state index is 0.704. The van der Waals surface area contributed by atoms with Crippen LogP contribution in [0.15, 0.2) is 36.5 Å². The summed E-state index contributed by atoms with van der Waals surface area (Å²) in [6.45, 7) is 4.01. The molecule has 0 aliphatic carbocycles. The van der Waals surface area contributed by atoms with Gasteiger partial charge in [-0.2, -0.15) is 0 Å². The topological polar surface area (TPSA) is 30.2 Å². The van der Waals surface area contributed by atoms with Gasteiger partial charge < -0.3 is 0 Å². The van der Waals surface area contributed by atoms with E-state index in [9.17, 15) is 0 Å². The molecule has 90 valence electrons. The number of hydrogen-bond donors (Lipinski definition) is 0. The van der Waals surface area contributed by atoms with Crippen LogP contribution in [0.5, 0.6) is 0 Å². The Morgan fingerprint density at radius 3 is 2.67 bits per heavy atom. The number of aromatic nitrogens is 3. The number of hydrogen-bond acceptors (Lipinski definition) is 2. The molecule has 0 radical (unpaired) electrons. The van der Waals surface area contributed by atoms with E-state index in [0.717, 1.165) is 22.6 Å². The molecule has 0 fully saturated rings. The Morgan fingerprint density at radius 2 is 1.89 bits per heavy atom. The molecule has 0 saturated heterocycles. The second-order valence-corrected chi connectivity index (χ2v) is 4.72. The fourth-order valence-corrected chi connectivity index (χ4v) is 2.30. The van der Waals surface area contributed by atoms with Crippen LogP contribution in [0.3, 0.4) is 0 Å². The third kappa shape index (κ3) is 1.77. The Balaban J connectivity index is 2.26. The largest absolute Gasteiger partial charge is 0.288 e. The maximum Gasteiger partial charge on any atom is 0.234 e. The molecule has 3 aromatic rings. The molecule has 0 spiro atoms. The monoisotopic (exact) mass is 257 g/mol. The van der Waals surface area contributed by atoms with Crippen LogP contribution in [-0.2, 0) is 0 Å². The van der Waals surface area contributed by atoms with Crippen LogP contribution < -0.4 is 0 Å². The molecule has 0 N–H and O–H groups in total. The van der Waals surface area contributed by atoms with Crippen LogP contribution in [0.4, 0.5) is 0 Å². The van der Waals surface area contributed by atoms with Gasteiger partial charge in [-0.25, -0.2) is 9.97 Å². The number of imidazole rings is 1. The third-order valence-electron chi connectivity index (χ3n) is 2.91. The van der Waals surface area contributed by atoms with Gasteiger partial charge in [0.25, 0.3) is 0 Å². The summed E-state index contributed by atoms with van der Waals surface area (Å²) in [5.41, 5.74) is 3.86. The van der Waals surface area contributed by atoms with E-state index >= 15 is 0 Å². The van der Waals surface area contributed by atoms with Gasteiger partial charge in [-0.05, 0) is 26.0 Å². The fraction of sp³-hybridized carbons (Fsp3) is 0.143. The summed E-state index contributed by atoms with van der Waals surface area (Å²) < 4.78 is 1.98. The van der Waals surface area contributed by atoms with Crippen LogP contribution in [-0.4, -0.2) is 14.4 Å². The average molecular weight is 258 g/mol. The van der Waals surface area contributed by atoms with Gasteiger partial charge in [0, 0.05) is 23.1 Å². The Labute approximate surface area is 110 Å². The van der Waals surface area contributed by atoms with Gasteiger partial charge in [-0.3, -0.25) is 4.40 Å². The van der Waals surface area contributed by atoms with E-state index in [0.29, 0.717) is 10.8 Å². The van der Waals surface area contributed by atoms with Crippen molar-refractivity contribution in [2.24, 2.45) is 0 Å². The Morgan fingerprint density at radius 1 is 1.11 bits per heavy atom. The molecule has 0 amide bonds. The SMILES string of the molecule is Cc1cc(C)n2cc(-c3ccccc3Cl)nc2n1. The first-order chi connectivity index (χ1) is 8.65. The van der Waals surface area contributed by atoms with Gasteiger partial charge in [0.15, 0.2) is 0 Å². The van der Waals surface area contributed by atoms with Crippen LogP contribution in [0.25, 0.3) is 17.0 Å². The molecular weight excluding hydrogens is 246 g/mol. The summed E-state index contributed by atoms with van der Waals surface area (Å²) in [6.07, 6.45) is 1.97. The van der Waals surface area contributed by atoms with Gasteiger partial charge >= 0.3 is 0 Å². The number of benzene rings is 1. The van der Waals surface area contributed by atoms with Gasteiger partial charge in [-0.15, -0.1) is 0 Å². The zero-order valence-electron chi connectivity index (χ0n) is 10.2. The predicted molar refractivity (Wildman–Crippen MR) is 72.9 cm³/mol. The maximum absolute atomic E-state index is 6.19. The van der Waals surface area contributed by atoms with Crippen LogP contribution in [0.2, 0.25) is 5.02 Å². The molecule has 0 unspecified atom stereocenters. The van der Waals surface area contributed by atoms with E-state index in [4.69, 9.17) is 11.6 Å². The van der Waals surface area contributed by atoms with Crippen molar-refractivity contribution in [1.29, 1.82) is 0 Å². The molecule has 3 nitrogen and oxygen atoms in total. The molecule has 0 aliphatic rings. The Bertz CT molecular complexity index is 731. The van der Waals surface area contributed by atoms with Crippen molar-refractivity contribution < 1.29 is 0 Å². The Hall–Kier alpha value is -1.87. The van der Waals surface area contributed by atoms with E-state index in [1.54, 1.807) is 0 Å². The minimum absolute atomic E-state index is 0.704. The summed E-state index contributed by atoms with van der Waals surface area (Å²) in [7, 11) is 0. The molecule has 2 aromatic heterocycles.